The van der Waals surface area contributed by atoms with Gasteiger partial charge in [0.1, 0.15) is 24.6 Å². The molecule has 1 aliphatic heterocycles. The summed E-state index contributed by atoms with van der Waals surface area (Å²) in [7, 11) is 0. The van der Waals surface area contributed by atoms with Gasteiger partial charge in [0.2, 0.25) is 0 Å². The summed E-state index contributed by atoms with van der Waals surface area (Å²) in [5, 5.41) is 51.1. The van der Waals surface area contributed by atoms with E-state index in [9.17, 15) is 20.4 Å². The van der Waals surface area contributed by atoms with Crippen molar-refractivity contribution in [3.8, 4) is 5.75 Å². The van der Waals surface area contributed by atoms with Crippen LogP contribution in [0.25, 0.3) is 28.1 Å². The molecule has 6 N–H and O–H groups in total. The summed E-state index contributed by atoms with van der Waals surface area (Å²) >= 11 is 3.45. The second-order valence-electron chi connectivity index (χ2n) is 9.40. The molecule has 2 aromatic carbocycles. The number of fused-ring (bicyclic) bond motifs is 2. The number of aliphatic hydroxyl groups is 3. The minimum Gasteiger partial charge on any atom is -0.504 e. The summed E-state index contributed by atoms with van der Waals surface area (Å²) in [6.07, 6.45) is 0.0736. The van der Waals surface area contributed by atoms with Crippen LogP contribution in [0.3, 0.4) is 0 Å². The molecule has 0 saturated carbocycles. The summed E-state index contributed by atoms with van der Waals surface area (Å²) in [4.78, 5) is 12.6. The topological polar surface area (TPSA) is 189 Å². The van der Waals surface area contributed by atoms with E-state index >= 15 is 0 Å². The zero-order valence-corrected chi connectivity index (χ0v) is 22.9. The largest absolute Gasteiger partial charge is 0.504 e. The van der Waals surface area contributed by atoms with E-state index in [4.69, 9.17) is 10.5 Å². The number of halogens is 1. The number of allylic oxidation sites excluding steroid dienone is 1. The lowest BCUT2D eigenvalue weighted by atomic mass is 10.1. The van der Waals surface area contributed by atoms with Gasteiger partial charge in [-0.2, -0.15) is 0 Å². The summed E-state index contributed by atoms with van der Waals surface area (Å²) in [5.74, 6) is 0.0618. The normalized spacial score (nSPS) is 21.3. The lowest BCUT2D eigenvalue weighted by Crippen LogP contribution is -2.33. The Hall–Kier alpha value is -4.21. The van der Waals surface area contributed by atoms with Crippen LogP contribution in [0.1, 0.15) is 11.8 Å². The Morgan fingerprint density at radius 2 is 1.88 bits per heavy atom. The number of aromatic hydroxyl groups is 1. The molecule has 1 aliphatic rings. The highest BCUT2D eigenvalue weighted by atomic mass is 79.9. The Morgan fingerprint density at radius 1 is 1.07 bits per heavy atom. The van der Waals surface area contributed by atoms with Gasteiger partial charge >= 0.3 is 0 Å². The molecule has 5 aromatic rings. The van der Waals surface area contributed by atoms with Gasteiger partial charge in [-0.05, 0) is 23.8 Å². The second kappa shape index (κ2) is 11.0. The van der Waals surface area contributed by atoms with Crippen LogP contribution in [0.4, 0.5) is 17.6 Å². The van der Waals surface area contributed by atoms with Crippen LogP contribution in [0.15, 0.2) is 75.6 Å². The molecule has 0 unspecified atom stereocenters. The van der Waals surface area contributed by atoms with Crippen LogP contribution in [0.5, 0.6) is 5.75 Å². The van der Waals surface area contributed by atoms with E-state index < -0.39 is 31.1 Å². The van der Waals surface area contributed by atoms with Gasteiger partial charge in [0.15, 0.2) is 34.8 Å². The highest BCUT2D eigenvalue weighted by Crippen LogP contribution is 2.41. The third kappa shape index (κ3) is 4.85. The van der Waals surface area contributed by atoms with Crippen LogP contribution in [0, 0.1) is 0 Å². The monoisotopic (exact) mass is 620 g/mol. The van der Waals surface area contributed by atoms with Gasteiger partial charge in [0.05, 0.1) is 12.1 Å². The fourth-order valence-electron chi connectivity index (χ4n) is 4.85. The van der Waals surface area contributed by atoms with E-state index in [-0.39, 0.29) is 34.5 Å². The Kier molecular flexibility index (Phi) is 7.23. The van der Waals surface area contributed by atoms with Gasteiger partial charge < -0.3 is 35.5 Å². The number of aliphatic hydroxyl groups excluding tert-OH is 3. The van der Waals surface area contributed by atoms with Crippen molar-refractivity contribution in [3.63, 3.8) is 0 Å². The Bertz CT molecular complexity index is 1790. The predicted molar refractivity (Wildman–Crippen MR) is 154 cm³/mol. The first kappa shape index (κ1) is 27.0. The molecule has 4 heterocycles. The Labute approximate surface area is 241 Å². The van der Waals surface area contributed by atoms with Crippen LogP contribution in [0.2, 0.25) is 0 Å². The smallest absolute Gasteiger partial charge is 0.254 e. The average molecular weight is 621 g/mol. The SMILES string of the molecule is Nc1ncnc2c1nc(N=Nc1c(O)c3cc(Br)ccc3n1C/C=C/c1ccccc1)n2[C@@H]1O[C@H](CO)[C@@H](O)[C@H]1O. The molecule has 1 saturated heterocycles. The van der Waals surface area contributed by atoms with Crippen molar-refractivity contribution in [3.05, 3.63) is 71.0 Å². The standard InChI is InChI=1S/C27H25BrN8O5/c28-15-8-9-17-16(11-15)20(38)25(35(17)10-4-7-14-5-2-1-3-6-14)33-34-27-32-19-23(29)30-13-31-24(19)36(27)26-22(40)21(39)18(12-37)41-26/h1-9,11,13,18,21-22,26,37-40H,10,12H2,(H2,29,30,31)/b7-4+,34-33?/t18-,21-,22-,26-/m1/s1. The lowest BCUT2D eigenvalue weighted by Gasteiger charge is -2.17. The fraction of sp³-hybridized carbons (Fsp3) is 0.222. The van der Waals surface area contributed by atoms with Gasteiger partial charge in [0, 0.05) is 16.4 Å². The van der Waals surface area contributed by atoms with Gasteiger partial charge in [-0.15, -0.1) is 10.2 Å². The number of aromatic nitrogens is 5. The number of nitrogen functional groups attached to an aromatic ring is 1. The zero-order chi connectivity index (χ0) is 28.7. The number of nitrogens with two attached hydrogens (primary N) is 1. The molecule has 0 bridgehead atoms. The maximum Gasteiger partial charge on any atom is 0.254 e. The third-order valence-electron chi connectivity index (χ3n) is 6.86. The van der Waals surface area contributed by atoms with Crippen LogP contribution < -0.4 is 5.73 Å². The molecule has 0 aliphatic carbocycles. The van der Waals surface area contributed by atoms with Crippen molar-refractivity contribution < 1.29 is 25.2 Å². The second-order valence-corrected chi connectivity index (χ2v) is 10.3. The first-order valence-electron chi connectivity index (χ1n) is 12.6. The highest BCUT2D eigenvalue weighted by molar-refractivity contribution is 9.10. The maximum atomic E-state index is 11.2. The summed E-state index contributed by atoms with van der Waals surface area (Å²) in [6.45, 7) is -0.152. The Morgan fingerprint density at radius 3 is 2.63 bits per heavy atom. The summed E-state index contributed by atoms with van der Waals surface area (Å²) < 4.78 is 9.63. The minimum atomic E-state index is -1.44. The summed E-state index contributed by atoms with van der Waals surface area (Å²) in [5.41, 5.74) is 8.13. The van der Waals surface area contributed by atoms with Crippen molar-refractivity contribution in [2.45, 2.75) is 31.1 Å². The van der Waals surface area contributed by atoms with Gasteiger partial charge in [-0.25, -0.2) is 15.0 Å². The first-order chi connectivity index (χ1) is 19.9. The van der Waals surface area contributed by atoms with E-state index in [1.54, 1.807) is 10.6 Å². The molecule has 210 valence electrons. The molecule has 0 spiro atoms. The number of ether oxygens (including phenoxy) is 1. The molecule has 4 atom stereocenters. The number of hydrogen-bond acceptors (Lipinski definition) is 11. The summed E-state index contributed by atoms with van der Waals surface area (Å²) in [6, 6.07) is 15.3. The molecule has 3 aromatic heterocycles. The lowest BCUT2D eigenvalue weighted by molar-refractivity contribution is -0.0503. The van der Waals surface area contributed by atoms with Crippen molar-refractivity contribution in [1.82, 2.24) is 24.1 Å². The van der Waals surface area contributed by atoms with E-state index in [0.717, 1.165) is 15.6 Å². The number of imidazole rings is 1. The van der Waals surface area contributed by atoms with Crippen molar-refractivity contribution in [2.24, 2.45) is 10.2 Å². The molecule has 0 radical (unpaired) electrons. The number of azo groups is 1. The van der Waals surface area contributed by atoms with Gasteiger partial charge in [0.25, 0.3) is 5.95 Å². The quantitative estimate of drug-likeness (QED) is 0.169. The molecule has 14 heteroatoms. The van der Waals surface area contributed by atoms with Gasteiger partial charge in [-0.1, -0.05) is 58.4 Å². The maximum absolute atomic E-state index is 11.2. The zero-order valence-electron chi connectivity index (χ0n) is 21.4. The molecule has 13 nitrogen and oxygen atoms in total. The van der Waals surface area contributed by atoms with Gasteiger partial charge in [-0.3, -0.25) is 4.57 Å². The molecular weight excluding hydrogens is 596 g/mol. The van der Waals surface area contributed by atoms with Crippen molar-refractivity contribution >= 4 is 61.7 Å². The molecule has 41 heavy (non-hydrogen) atoms. The van der Waals surface area contributed by atoms with E-state index in [2.05, 4.69) is 41.1 Å². The number of nitrogens with zero attached hydrogens (tertiary/aromatic N) is 7. The molecule has 1 fully saturated rings. The number of rotatable bonds is 7. The van der Waals surface area contributed by atoms with Crippen LogP contribution in [-0.2, 0) is 11.3 Å². The predicted octanol–water partition coefficient (Wildman–Crippen LogP) is 3.57. The first-order valence-corrected chi connectivity index (χ1v) is 13.4. The van der Waals surface area contributed by atoms with E-state index in [1.165, 1.54) is 10.9 Å². The average Bonchev–Trinajstić information content (AvgIpc) is 3.57. The molecule has 0 amide bonds. The van der Waals surface area contributed by atoms with E-state index in [1.807, 2.05) is 54.6 Å². The molecular formula is C27H25BrN8O5. The highest BCUT2D eigenvalue weighted by Gasteiger charge is 2.45. The van der Waals surface area contributed by atoms with Crippen LogP contribution in [-0.4, -0.2) is 69.4 Å². The van der Waals surface area contributed by atoms with Crippen molar-refractivity contribution in [2.75, 3.05) is 12.3 Å². The van der Waals surface area contributed by atoms with Crippen LogP contribution >= 0.6 is 15.9 Å². The van der Waals surface area contributed by atoms with E-state index in [0.29, 0.717) is 11.9 Å². The number of anilines is 1. The number of benzene rings is 2. The third-order valence-corrected chi connectivity index (χ3v) is 7.36. The van der Waals surface area contributed by atoms with Crippen molar-refractivity contribution in [1.29, 1.82) is 0 Å². The number of hydrogen-bond donors (Lipinski definition) is 5. The fourth-order valence-corrected chi connectivity index (χ4v) is 5.21. The molecule has 6 rings (SSSR count). The Balaban J connectivity index is 1.46. The minimum absolute atomic E-state index is 0.0600.